The summed E-state index contributed by atoms with van der Waals surface area (Å²) in [5, 5.41) is 0.742. The first-order valence-electron chi connectivity index (χ1n) is 7.13. The molecule has 1 nitrogen and oxygen atoms in total. The van der Waals surface area contributed by atoms with Crippen molar-refractivity contribution in [2.45, 2.75) is 39.2 Å². The molecule has 2 atom stereocenters. The van der Waals surface area contributed by atoms with Crippen molar-refractivity contribution in [1.82, 2.24) is 0 Å². The van der Waals surface area contributed by atoms with Crippen LogP contribution in [0.15, 0.2) is 42.5 Å². The van der Waals surface area contributed by atoms with Crippen molar-refractivity contribution in [3.8, 4) is 0 Å². The molecule has 0 aliphatic heterocycles. The third-order valence-corrected chi connectivity index (χ3v) is 4.12. The Hall–Kier alpha value is -1.31. The minimum Gasteiger partial charge on any atom is -0.320 e. The predicted molar refractivity (Wildman–Crippen MR) is 87.4 cm³/mol. The summed E-state index contributed by atoms with van der Waals surface area (Å²) < 4.78 is 0. The number of hydrogen-bond acceptors (Lipinski definition) is 1. The van der Waals surface area contributed by atoms with E-state index in [-0.39, 0.29) is 6.04 Å². The SMILES string of the molecule is CCC(C)c1ccc(C(N)c2cc(C)cc(Cl)c2)cc1. The van der Waals surface area contributed by atoms with E-state index in [0.717, 1.165) is 28.1 Å². The van der Waals surface area contributed by atoms with Crippen LogP contribution in [0.2, 0.25) is 5.02 Å². The number of rotatable bonds is 4. The Labute approximate surface area is 126 Å². The largest absolute Gasteiger partial charge is 0.320 e. The van der Waals surface area contributed by atoms with Crippen LogP contribution < -0.4 is 5.73 Å². The van der Waals surface area contributed by atoms with Gasteiger partial charge in [0.15, 0.2) is 0 Å². The second-order valence-electron chi connectivity index (χ2n) is 5.52. The summed E-state index contributed by atoms with van der Waals surface area (Å²) in [4.78, 5) is 0. The quantitative estimate of drug-likeness (QED) is 0.821. The molecule has 0 spiro atoms. The molecular formula is C18H22ClN. The van der Waals surface area contributed by atoms with Crippen LogP contribution in [0.5, 0.6) is 0 Å². The minimum absolute atomic E-state index is 0.126. The van der Waals surface area contributed by atoms with Crippen molar-refractivity contribution in [3.63, 3.8) is 0 Å². The first-order chi connectivity index (χ1) is 9.51. The minimum atomic E-state index is -0.126. The van der Waals surface area contributed by atoms with Gasteiger partial charge in [0.05, 0.1) is 6.04 Å². The molecule has 0 radical (unpaired) electrons. The number of nitrogens with two attached hydrogens (primary N) is 1. The van der Waals surface area contributed by atoms with E-state index in [4.69, 9.17) is 17.3 Å². The highest BCUT2D eigenvalue weighted by Crippen LogP contribution is 2.26. The Bertz CT molecular complexity index is 554. The average molecular weight is 288 g/mol. The molecule has 106 valence electrons. The van der Waals surface area contributed by atoms with Crippen LogP contribution in [0, 0.1) is 6.92 Å². The molecule has 2 aromatic rings. The zero-order valence-electron chi connectivity index (χ0n) is 12.4. The molecule has 2 unspecified atom stereocenters. The van der Waals surface area contributed by atoms with E-state index in [0.29, 0.717) is 5.92 Å². The van der Waals surface area contributed by atoms with Gasteiger partial charge in [-0.05, 0) is 53.6 Å². The zero-order valence-corrected chi connectivity index (χ0v) is 13.1. The van der Waals surface area contributed by atoms with Crippen molar-refractivity contribution >= 4 is 11.6 Å². The molecule has 0 aliphatic carbocycles. The Morgan fingerprint density at radius 3 is 2.15 bits per heavy atom. The Kier molecular flexibility index (Phi) is 4.85. The number of halogens is 1. The number of benzene rings is 2. The van der Waals surface area contributed by atoms with E-state index in [1.807, 2.05) is 19.1 Å². The first-order valence-corrected chi connectivity index (χ1v) is 7.51. The average Bonchev–Trinajstić information content (AvgIpc) is 2.45. The fourth-order valence-electron chi connectivity index (χ4n) is 2.40. The van der Waals surface area contributed by atoms with Gasteiger partial charge in [0.25, 0.3) is 0 Å². The normalized spacial score (nSPS) is 14.1. The van der Waals surface area contributed by atoms with Crippen LogP contribution in [0.4, 0.5) is 0 Å². The van der Waals surface area contributed by atoms with Gasteiger partial charge in [-0.15, -0.1) is 0 Å². The standard InChI is InChI=1S/C18H22ClN/c1-4-13(3)14-5-7-15(8-6-14)18(20)16-9-12(2)10-17(19)11-16/h5-11,13,18H,4,20H2,1-3H3. The van der Waals surface area contributed by atoms with E-state index in [1.54, 1.807) is 0 Å². The molecule has 0 bridgehead atoms. The maximum absolute atomic E-state index is 6.35. The molecule has 2 aromatic carbocycles. The van der Waals surface area contributed by atoms with Crippen molar-refractivity contribution in [2.24, 2.45) is 5.73 Å². The first kappa shape index (κ1) is 15.1. The van der Waals surface area contributed by atoms with Gasteiger partial charge in [-0.1, -0.05) is 55.8 Å². The summed E-state index contributed by atoms with van der Waals surface area (Å²) in [6.45, 7) is 6.49. The molecule has 0 aromatic heterocycles. The third-order valence-electron chi connectivity index (χ3n) is 3.90. The molecule has 2 N–H and O–H groups in total. The monoisotopic (exact) mass is 287 g/mol. The summed E-state index contributed by atoms with van der Waals surface area (Å²) in [6, 6.07) is 14.5. The summed E-state index contributed by atoms with van der Waals surface area (Å²) in [7, 11) is 0. The summed E-state index contributed by atoms with van der Waals surface area (Å²) >= 11 is 6.11. The summed E-state index contributed by atoms with van der Waals surface area (Å²) in [5.74, 6) is 0.591. The molecule has 0 aliphatic rings. The van der Waals surface area contributed by atoms with Gasteiger partial charge in [-0.2, -0.15) is 0 Å². The van der Waals surface area contributed by atoms with Crippen molar-refractivity contribution in [1.29, 1.82) is 0 Å². The smallest absolute Gasteiger partial charge is 0.0552 e. The van der Waals surface area contributed by atoms with Crippen LogP contribution >= 0.6 is 11.6 Å². The molecule has 0 saturated carbocycles. The highest BCUT2D eigenvalue weighted by molar-refractivity contribution is 6.30. The summed E-state index contributed by atoms with van der Waals surface area (Å²) in [5.41, 5.74) is 11.0. The van der Waals surface area contributed by atoms with Gasteiger partial charge < -0.3 is 5.73 Å². The molecular weight excluding hydrogens is 266 g/mol. The van der Waals surface area contributed by atoms with E-state index in [1.165, 1.54) is 5.56 Å². The third kappa shape index (κ3) is 3.41. The molecule has 0 heterocycles. The van der Waals surface area contributed by atoms with Gasteiger partial charge in [0, 0.05) is 5.02 Å². The number of hydrogen-bond donors (Lipinski definition) is 1. The Balaban J connectivity index is 2.26. The lowest BCUT2D eigenvalue weighted by Gasteiger charge is -2.16. The lowest BCUT2D eigenvalue weighted by atomic mass is 9.93. The van der Waals surface area contributed by atoms with Gasteiger partial charge in [0.2, 0.25) is 0 Å². The molecule has 2 rings (SSSR count). The van der Waals surface area contributed by atoms with E-state index in [2.05, 4.69) is 44.2 Å². The van der Waals surface area contributed by atoms with Crippen LogP contribution in [0.1, 0.15) is 54.5 Å². The maximum atomic E-state index is 6.35. The fourth-order valence-corrected chi connectivity index (χ4v) is 2.70. The van der Waals surface area contributed by atoms with Gasteiger partial charge in [0.1, 0.15) is 0 Å². The lowest BCUT2D eigenvalue weighted by Crippen LogP contribution is -2.12. The van der Waals surface area contributed by atoms with Crippen LogP contribution in [-0.2, 0) is 0 Å². The Morgan fingerprint density at radius 2 is 1.60 bits per heavy atom. The molecule has 0 amide bonds. The number of aryl methyl sites for hydroxylation is 1. The highest BCUT2D eigenvalue weighted by atomic mass is 35.5. The van der Waals surface area contributed by atoms with E-state index >= 15 is 0 Å². The second-order valence-corrected chi connectivity index (χ2v) is 5.95. The van der Waals surface area contributed by atoms with Crippen molar-refractivity contribution < 1.29 is 0 Å². The molecule has 20 heavy (non-hydrogen) atoms. The Morgan fingerprint density at radius 1 is 1.00 bits per heavy atom. The lowest BCUT2D eigenvalue weighted by molar-refractivity contribution is 0.732. The molecule has 2 heteroatoms. The van der Waals surface area contributed by atoms with Crippen LogP contribution in [-0.4, -0.2) is 0 Å². The van der Waals surface area contributed by atoms with Gasteiger partial charge in [-0.25, -0.2) is 0 Å². The second kappa shape index (κ2) is 6.43. The van der Waals surface area contributed by atoms with E-state index < -0.39 is 0 Å². The molecule has 0 fully saturated rings. The van der Waals surface area contributed by atoms with Gasteiger partial charge in [-0.3, -0.25) is 0 Å². The topological polar surface area (TPSA) is 26.0 Å². The van der Waals surface area contributed by atoms with Crippen molar-refractivity contribution in [2.75, 3.05) is 0 Å². The van der Waals surface area contributed by atoms with E-state index in [9.17, 15) is 0 Å². The fraction of sp³-hybridized carbons (Fsp3) is 0.333. The van der Waals surface area contributed by atoms with Gasteiger partial charge >= 0.3 is 0 Å². The van der Waals surface area contributed by atoms with Crippen LogP contribution in [0.25, 0.3) is 0 Å². The van der Waals surface area contributed by atoms with Crippen molar-refractivity contribution in [3.05, 3.63) is 69.7 Å². The summed E-state index contributed by atoms with van der Waals surface area (Å²) in [6.07, 6.45) is 1.15. The maximum Gasteiger partial charge on any atom is 0.0552 e. The zero-order chi connectivity index (χ0) is 14.7. The highest BCUT2D eigenvalue weighted by Gasteiger charge is 2.11. The molecule has 0 saturated heterocycles. The van der Waals surface area contributed by atoms with Crippen LogP contribution in [0.3, 0.4) is 0 Å². The predicted octanol–water partition coefficient (Wildman–Crippen LogP) is 5.21.